The summed E-state index contributed by atoms with van der Waals surface area (Å²) in [6.45, 7) is 0.794. The zero-order valence-corrected chi connectivity index (χ0v) is 16.5. The van der Waals surface area contributed by atoms with E-state index in [-0.39, 0.29) is 5.56 Å². The molecule has 158 valence electrons. The van der Waals surface area contributed by atoms with Crippen molar-refractivity contribution in [2.45, 2.75) is 18.9 Å². The van der Waals surface area contributed by atoms with Gasteiger partial charge in [-0.1, -0.05) is 30.3 Å². The number of hydrogen-bond donors (Lipinski definition) is 2. The molecule has 2 N–H and O–H groups in total. The molecule has 0 bridgehead atoms. The smallest absolute Gasteiger partial charge is 0.321 e. The average Bonchev–Trinajstić information content (AvgIpc) is 2.76. The first-order valence-corrected chi connectivity index (χ1v) is 9.71. The normalized spacial score (nSPS) is 16.0. The van der Waals surface area contributed by atoms with Crippen LogP contribution in [0.1, 0.15) is 34.8 Å². The number of likely N-dealkylation sites (tertiary alicyclic amines) is 1. The van der Waals surface area contributed by atoms with Crippen LogP contribution in [0.15, 0.2) is 48.5 Å². The summed E-state index contributed by atoms with van der Waals surface area (Å²) in [7, 11) is 1.42. The summed E-state index contributed by atoms with van der Waals surface area (Å²) < 4.78 is 27.4. The standard InChI is InChI=1S/C22H23F2N3O3/c1-25-22(30)26-21(29)19(14-5-3-2-4-6-14)27-11-9-15(10-12-27)20(28)17-13-16(23)7-8-18(17)24/h2-8,13,15,19H,9-12H2,1H3,(H2,25,26,29,30). The molecule has 30 heavy (non-hydrogen) atoms. The zero-order valence-electron chi connectivity index (χ0n) is 16.5. The van der Waals surface area contributed by atoms with Gasteiger partial charge in [-0.25, -0.2) is 13.6 Å². The molecule has 0 spiro atoms. The van der Waals surface area contributed by atoms with E-state index in [1.165, 1.54) is 7.05 Å². The molecular weight excluding hydrogens is 392 g/mol. The summed E-state index contributed by atoms with van der Waals surface area (Å²) in [5.41, 5.74) is 0.477. The van der Waals surface area contributed by atoms with Crippen LogP contribution in [-0.4, -0.2) is 42.8 Å². The van der Waals surface area contributed by atoms with Crippen molar-refractivity contribution in [2.24, 2.45) is 5.92 Å². The second kappa shape index (κ2) is 9.58. The van der Waals surface area contributed by atoms with Crippen molar-refractivity contribution < 1.29 is 23.2 Å². The lowest BCUT2D eigenvalue weighted by Crippen LogP contribution is -2.48. The minimum Gasteiger partial charge on any atom is -0.341 e. The van der Waals surface area contributed by atoms with Crippen molar-refractivity contribution in [3.8, 4) is 0 Å². The van der Waals surface area contributed by atoms with Crippen LogP contribution in [0.2, 0.25) is 0 Å². The number of carbonyl (C=O) groups excluding carboxylic acids is 3. The molecule has 0 radical (unpaired) electrons. The molecule has 3 amide bonds. The van der Waals surface area contributed by atoms with Crippen LogP contribution in [0.3, 0.4) is 0 Å². The number of hydrogen-bond acceptors (Lipinski definition) is 4. The Kier molecular flexibility index (Phi) is 6.89. The maximum absolute atomic E-state index is 14.0. The molecule has 0 aliphatic carbocycles. The monoisotopic (exact) mass is 415 g/mol. The highest BCUT2D eigenvalue weighted by Crippen LogP contribution is 2.29. The van der Waals surface area contributed by atoms with Gasteiger partial charge in [0.1, 0.15) is 17.7 Å². The molecule has 0 saturated carbocycles. The highest BCUT2D eigenvalue weighted by atomic mass is 19.1. The Morgan fingerprint density at radius 3 is 2.33 bits per heavy atom. The average molecular weight is 415 g/mol. The van der Waals surface area contributed by atoms with Gasteiger partial charge in [0.25, 0.3) is 0 Å². The van der Waals surface area contributed by atoms with Gasteiger partial charge in [-0.15, -0.1) is 0 Å². The first-order chi connectivity index (χ1) is 14.4. The molecule has 2 aromatic rings. The van der Waals surface area contributed by atoms with E-state index in [2.05, 4.69) is 10.6 Å². The van der Waals surface area contributed by atoms with E-state index >= 15 is 0 Å². The van der Waals surface area contributed by atoms with Gasteiger partial charge in [0.05, 0.1) is 5.56 Å². The van der Waals surface area contributed by atoms with Crippen molar-refractivity contribution >= 4 is 17.7 Å². The molecule has 2 aromatic carbocycles. The summed E-state index contributed by atoms with van der Waals surface area (Å²) >= 11 is 0. The van der Waals surface area contributed by atoms with E-state index in [4.69, 9.17) is 0 Å². The number of benzene rings is 2. The second-order valence-electron chi connectivity index (χ2n) is 7.18. The molecule has 1 atom stereocenters. The Morgan fingerprint density at radius 1 is 1.03 bits per heavy atom. The van der Waals surface area contributed by atoms with Gasteiger partial charge in [-0.2, -0.15) is 0 Å². The van der Waals surface area contributed by atoms with Gasteiger partial charge in [-0.05, 0) is 49.7 Å². The first kappa shape index (κ1) is 21.6. The first-order valence-electron chi connectivity index (χ1n) is 9.71. The second-order valence-corrected chi connectivity index (χ2v) is 7.18. The minimum atomic E-state index is -0.740. The number of carbonyl (C=O) groups is 3. The van der Waals surface area contributed by atoms with E-state index < -0.39 is 41.3 Å². The summed E-state index contributed by atoms with van der Waals surface area (Å²) in [6.07, 6.45) is 0.788. The van der Waals surface area contributed by atoms with Crippen molar-refractivity contribution in [3.63, 3.8) is 0 Å². The molecule has 6 nitrogen and oxygen atoms in total. The lowest BCUT2D eigenvalue weighted by atomic mass is 9.87. The third-order valence-corrected chi connectivity index (χ3v) is 5.29. The third kappa shape index (κ3) is 4.88. The quantitative estimate of drug-likeness (QED) is 0.736. The summed E-state index contributed by atoms with van der Waals surface area (Å²) in [6, 6.07) is 10.6. The number of rotatable bonds is 5. The number of piperidine rings is 1. The van der Waals surface area contributed by atoms with E-state index in [9.17, 15) is 23.2 Å². The van der Waals surface area contributed by atoms with Gasteiger partial charge in [0.15, 0.2) is 5.78 Å². The van der Waals surface area contributed by atoms with E-state index in [0.717, 1.165) is 23.8 Å². The number of nitrogens with one attached hydrogen (secondary N) is 2. The van der Waals surface area contributed by atoms with Crippen molar-refractivity contribution in [1.82, 2.24) is 15.5 Å². The molecule has 8 heteroatoms. The molecule has 1 aliphatic heterocycles. The van der Waals surface area contributed by atoms with Gasteiger partial charge in [0, 0.05) is 13.0 Å². The van der Waals surface area contributed by atoms with Gasteiger partial charge in [-0.3, -0.25) is 19.8 Å². The number of urea groups is 1. The lowest BCUT2D eigenvalue weighted by Gasteiger charge is -2.36. The number of nitrogens with zero attached hydrogens (tertiary/aromatic N) is 1. The van der Waals surface area contributed by atoms with Crippen LogP contribution in [0.5, 0.6) is 0 Å². The van der Waals surface area contributed by atoms with E-state index in [1.54, 1.807) is 24.3 Å². The summed E-state index contributed by atoms with van der Waals surface area (Å²) in [4.78, 5) is 39.0. The SMILES string of the molecule is CNC(=O)NC(=O)C(c1ccccc1)N1CCC(C(=O)c2cc(F)ccc2F)CC1. The Morgan fingerprint density at radius 2 is 1.70 bits per heavy atom. The Labute approximate surface area is 173 Å². The van der Waals surface area contributed by atoms with Crippen LogP contribution in [0, 0.1) is 17.6 Å². The van der Waals surface area contributed by atoms with Crippen LogP contribution < -0.4 is 10.6 Å². The highest BCUT2D eigenvalue weighted by molar-refractivity contribution is 5.98. The van der Waals surface area contributed by atoms with Crippen LogP contribution in [0.4, 0.5) is 13.6 Å². The number of ketones is 1. The topological polar surface area (TPSA) is 78.5 Å². The highest BCUT2D eigenvalue weighted by Gasteiger charge is 2.34. The predicted molar refractivity (Wildman–Crippen MR) is 107 cm³/mol. The molecule has 1 heterocycles. The predicted octanol–water partition coefficient (Wildman–Crippen LogP) is 3.06. The maximum Gasteiger partial charge on any atom is 0.321 e. The van der Waals surface area contributed by atoms with Gasteiger partial charge < -0.3 is 5.32 Å². The number of imide groups is 1. The fourth-order valence-electron chi connectivity index (χ4n) is 3.73. The summed E-state index contributed by atoms with van der Waals surface area (Å²) in [5.74, 6) is -2.77. The van der Waals surface area contributed by atoms with Crippen LogP contribution in [0.25, 0.3) is 0 Å². The van der Waals surface area contributed by atoms with Crippen molar-refractivity contribution in [2.75, 3.05) is 20.1 Å². The Balaban J connectivity index is 1.74. The maximum atomic E-state index is 14.0. The van der Waals surface area contributed by atoms with E-state index in [0.29, 0.717) is 25.9 Å². The Hall–Kier alpha value is -3.13. The molecule has 1 fully saturated rings. The lowest BCUT2D eigenvalue weighted by molar-refractivity contribution is -0.126. The fourth-order valence-corrected chi connectivity index (χ4v) is 3.73. The zero-order chi connectivity index (χ0) is 21.7. The molecule has 1 aliphatic rings. The molecule has 1 unspecified atom stereocenters. The minimum absolute atomic E-state index is 0.245. The van der Waals surface area contributed by atoms with E-state index in [1.807, 2.05) is 11.0 Å². The Bertz CT molecular complexity index is 928. The van der Waals surface area contributed by atoms with Crippen molar-refractivity contribution in [3.05, 3.63) is 71.3 Å². The van der Waals surface area contributed by atoms with Gasteiger partial charge in [0.2, 0.25) is 5.91 Å². The number of amides is 3. The van der Waals surface area contributed by atoms with Crippen LogP contribution in [-0.2, 0) is 4.79 Å². The molecule has 1 saturated heterocycles. The summed E-state index contributed by atoms with van der Waals surface area (Å²) in [5, 5.41) is 4.67. The number of Topliss-reactive ketones (excluding diaryl/α,β-unsaturated/α-hetero) is 1. The largest absolute Gasteiger partial charge is 0.341 e. The molecule has 0 aromatic heterocycles. The van der Waals surface area contributed by atoms with Gasteiger partial charge >= 0.3 is 6.03 Å². The third-order valence-electron chi connectivity index (χ3n) is 5.29. The number of halogens is 2. The van der Waals surface area contributed by atoms with Crippen LogP contribution >= 0.6 is 0 Å². The van der Waals surface area contributed by atoms with Crippen molar-refractivity contribution in [1.29, 1.82) is 0 Å². The molecule has 3 rings (SSSR count). The molecular formula is C22H23F2N3O3. The fraction of sp³-hybridized carbons (Fsp3) is 0.318.